The van der Waals surface area contributed by atoms with Gasteiger partial charge in [0.25, 0.3) is 0 Å². The molecule has 2 rings (SSSR count). The Labute approximate surface area is 181 Å². The van der Waals surface area contributed by atoms with E-state index in [1.807, 2.05) is 67.3 Å². The molecule has 1 atom stereocenters. The van der Waals surface area contributed by atoms with Crippen molar-refractivity contribution in [3.63, 3.8) is 0 Å². The van der Waals surface area contributed by atoms with Crippen LogP contribution in [-0.2, 0) is 15.0 Å². The first-order valence-electron chi connectivity index (χ1n) is 11.1. The molecule has 0 aromatic heterocycles. The van der Waals surface area contributed by atoms with Gasteiger partial charge in [0.2, 0.25) is 11.8 Å². The van der Waals surface area contributed by atoms with Gasteiger partial charge in [0, 0.05) is 25.6 Å². The molecule has 1 aliphatic heterocycles. The summed E-state index contributed by atoms with van der Waals surface area (Å²) in [4.78, 5) is 28.0. The Morgan fingerprint density at radius 3 is 2.43 bits per heavy atom. The molecule has 1 saturated heterocycles. The molecule has 1 aliphatic rings. The van der Waals surface area contributed by atoms with Crippen LogP contribution in [0.5, 0.6) is 0 Å². The van der Waals surface area contributed by atoms with E-state index in [0.29, 0.717) is 38.8 Å². The average Bonchev–Trinajstić information content (AvgIpc) is 2.79. The summed E-state index contributed by atoms with van der Waals surface area (Å²) < 4.78 is 0. The zero-order valence-electron chi connectivity index (χ0n) is 18.7. The van der Waals surface area contributed by atoms with Crippen LogP contribution in [0.15, 0.2) is 66.8 Å². The topological polar surface area (TPSA) is 49.4 Å². The smallest absolute Gasteiger partial charge is 0.230 e. The van der Waals surface area contributed by atoms with Crippen LogP contribution in [0.3, 0.4) is 0 Å². The van der Waals surface area contributed by atoms with E-state index in [9.17, 15) is 9.59 Å². The number of benzene rings is 1. The second-order valence-corrected chi connectivity index (χ2v) is 8.07. The molecule has 1 unspecified atom stereocenters. The maximum atomic E-state index is 13.3. The number of hydrogen-bond donors (Lipinski definition) is 1. The number of carbonyl (C=O) groups is 2. The third kappa shape index (κ3) is 5.94. The van der Waals surface area contributed by atoms with Gasteiger partial charge in [-0.05, 0) is 45.1 Å². The first kappa shape index (κ1) is 23.7. The van der Waals surface area contributed by atoms with Crippen molar-refractivity contribution in [2.45, 2.75) is 64.3 Å². The van der Waals surface area contributed by atoms with Crippen LogP contribution in [0.2, 0.25) is 0 Å². The molecule has 1 aromatic rings. The largest absolute Gasteiger partial charge is 0.353 e. The standard InChI is InChI=1S/C26H36N2O2/c1-5-8-12-22(7-3)15-16-24(29)28-19-17-26(18-20-28,23-13-10-9-11-14-23)25(30)27-21(4)6-2/h5,7-14,21H,1,6,15-20H2,2-4H3,(H,27,30)/b12-8-,22-7+. The molecule has 1 N–H and O–H groups in total. The Hall–Kier alpha value is -2.62. The van der Waals surface area contributed by atoms with Gasteiger partial charge in [-0.25, -0.2) is 0 Å². The quantitative estimate of drug-likeness (QED) is 0.589. The zero-order chi connectivity index (χ0) is 22.0. The van der Waals surface area contributed by atoms with Crippen LogP contribution in [0, 0.1) is 0 Å². The summed E-state index contributed by atoms with van der Waals surface area (Å²) in [5, 5.41) is 3.18. The van der Waals surface area contributed by atoms with Crippen LogP contribution < -0.4 is 5.32 Å². The van der Waals surface area contributed by atoms with Crippen molar-refractivity contribution in [1.82, 2.24) is 10.2 Å². The number of amides is 2. The van der Waals surface area contributed by atoms with Crippen molar-refractivity contribution in [3.8, 4) is 0 Å². The Morgan fingerprint density at radius 1 is 1.20 bits per heavy atom. The molecule has 2 amide bonds. The van der Waals surface area contributed by atoms with E-state index >= 15 is 0 Å². The summed E-state index contributed by atoms with van der Waals surface area (Å²) in [6.45, 7) is 11.0. The number of allylic oxidation sites excluding steroid dienone is 5. The first-order chi connectivity index (χ1) is 14.5. The lowest BCUT2D eigenvalue weighted by Gasteiger charge is -2.41. The van der Waals surface area contributed by atoms with Gasteiger partial charge in [-0.1, -0.05) is 73.7 Å². The van der Waals surface area contributed by atoms with Gasteiger partial charge < -0.3 is 10.2 Å². The third-order valence-electron chi connectivity index (χ3n) is 6.17. The Kier molecular flexibility index (Phi) is 9.10. The molecule has 0 radical (unpaired) electrons. The lowest BCUT2D eigenvalue weighted by Crippen LogP contribution is -2.54. The van der Waals surface area contributed by atoms with Gasteiger partial charge in [-0.3, -0.25) is 9.59 Å². The van der Waals surface area contributed by atoms with Crippen LogP contribution in [0.25, 0.3) is 0 Å². The Balaban J connectivity index is 2.07. The fraction of sp³-hybridized carbons (Fsp3) is 0.462. The van der Waals surface area contributed by atoms with Gasteiger partial charge in [-0.15, -0.1) is 0 Å². The highest BCUT2D eigenvalue weighted by Crippen LogP contribution is 2.36. The fourth-order valence-electron chi connectivity index (χ4n) is 3.93. The lowest BCUT2D eigenvalue weighted by atomic mass is 9.71. The monoisotopic (exact) mass is 408 g/mol. The maximum Gasteiger partial charge on any atom is 0.230 e. The van der Waals surface area contributed by atoms with Crippen LogP contribution in [-0.4, -0.2) is 35.8 Å². The summed E-state index contributed by atoms with van der Waals surface area (Å²) in [6, 6.07) is 10.2. The Morgan fingerprint density at radius 2 is 1.87 bits per heavy atom. The number of nitrogens with one attached hydrogen (secondary N) is 1. The van der Waals surface area contributed by atoms with E-state index in [1.165, 1.54) is 0 Å². The minimum absolute atomic E-state index is 0.0842. The van der Waals surface area contributed by atoms with Crippen molar-refractivity contribution in [2.75, 3.05) is 13.1 Å². The van der Waals surface area contributed by atoms with Crippen molar-refractivity contribution in [2.24, 2.45) is 0 Å². The summed E-state index contributed by atoms with van der Waals surface area (Å²) >= 11 is 0. The SMILES string of the molecule is C=C/C=C\C(=C/C)CCC(=O)N1CCC(C(=O)NC(C)CC)(c2ccccc2)CC1. The summed E-state index contributed by atoms with van der Waals surface area (Å²) in [5.41, 5.74) is 1.61. The summed E-state index contributed by atoms with van der Waals surface area (Å²) in [6.07, 6.45) is 11.1. The van der Waals surface area contributed by atoms with Crippen LogP contribution >= 0.6 is 0 Å². The van der Waals surface area contributed by atoms with Crippen molar-refractivity contribution in [3.05, 3.63) is 72.4 Å². The minimum Gasteiger partial charge on any atom is -0.353 e. The number of hydrogen-bond acceptors (Lipinski definition) is 2. The van der Waals surface area contributed by atoms with Crippen LogP contribution in [0.4, 0.5) is 0 Å². The van der Waals surface area contributed by atoms with E-state index < -0.39 is 5.41 Å². The van der Waals surface area contributed by atoms with E-state index in [0.717, 1.165) is 17.6 Å². The normalized spacial score (nSPS) is 17.6. The molecular weight excluding hydrogens is 372 g/mol. The molecular formula is C26H36N2O2. The number of carbonyl (C=O) groups excluding carboxylic acids is 2. The molecule has 30 heavy (non-hydrogen) atoms. The minimum atomic E-state index is -0.567. The highest BCUT2D eigenvalue weighted by Gasteiger charge is 2.43. The fourth-order valence-corrected chi connectivity index (χ4v) is 3.93. The summed E-state index contributed by atoms with van der Waals surface area (Å²) in [5.74, 6) is 0.242. The van der Waals surface area contributed by atoms with Gasteiger partial charge >= 0.3 is 0 Å². The maximum absolute atomic E-state index is 13.3. The average molecular weight is 409 g/mol. The highest BCUT2D eigenvalue weighted by atomic mass is 16.2. The van der Waals surface area contributed by atoms with E-state index in [4.69, 9.17) is 0 Å². The molecule has 4 nitrogen and oxygen atoms in total. The number of piperidine rings is 1. The number of likely N-dealkylation sites (tertiary alicyclic amines) is 1. The molecule has 0 saturated carbocycles. The first-order valence-corrected chi connectivity index (χ1v) is 11.1. The molecule has 162 valence electrons. The van der Waals surface area contributed by atoms with Crippen molar-refractivity contribution >= 4 is 11.8 Å². The highest BCUT2D eigenvalue weighted by molar-refractivity contribution is 5.89. The molecule has 1 heterocycles. The zero-order valence-corrected chi connectivity index (χ0v) is 18.7. The number of nitrogens with zero attached hydrogens (tertiary/aromatic N) is 1. The Bertz CT molecular complexity index is 771. The molecule has 0 spiro atoms. The molecule has 1 fully saturated rings. The molecule has 1 aromatic carbocycles. The van der Waals surface area contributed by atoms with E-state index in [1.54, 1.807) is 6.08 Å². The number of rotatable bonds is 9. The lowest BCUT2D eigenvalue weighted by molar-refractivity contribution is -0.137. The summed E-state index contributed by atoms with van der Waals surface area (Å²) in [7, 11) is 0. The molecule has 4 heteroatoms. The van der Waals surface area contributed by atoms with Gasteiger partial charge in [-0.2, -0.15) is 0 Å². The molecule has 0 aliphatic carbocycles. The van der Waals surface area contributed by atoms with Crippen LogP contribution in [0.1, 0.15) is 58.4 Å². The third-order valence-corrected chi connectivity index (χ3v) is 6.17. The van der Waals surface area contributed by atoms with Gasteiger partial charge in [0.05, 0.1) is 5.41 Å². The predicted molar refractivity (Wildman–Crippen MR) is 124 cm³/mol. The second-order valence-electron chi connectivity index (χ2n) is 8.07. The molecule has 0 bridgehead atoms. The predicted octanol–water partition coefficient (Wildman–Crippen LogP) is 4.93. The van der Waals surface area contributed by atoms with Gasteiger partial charge in [0.15, 0.2) is 0 Å². The van der Waals surface area contributed by atoms with E-state index in [-0.39, 0.29) is 17.9 Å². The van der Waals surface area contributed by atoms with Crippen molar-refractivity contribution < 1.29 is 9.59 Å². The second kappa shape index (κ2) is 11.5. The van der Waals surface area contributed by atoms with E-state index in [2.05, 4.69) is 18.8 Å². The van der Waals surface area contributed by atoms with Crippen molar-refractivity contribution in [1.29, 1.82) is 0 Å². The van der Waals surface area contributed by atoms with Gasteiger partial charge in [0.1, 0.15) is 0 Å².